The van der Waals surface area contributed by atoms with Crippen molar-refractivity contribution in [3.8, 4) is 0 Å². The molecule has 0 unspecified atom stereocenters. The Bertz CT molecular complexity index is 669. The number of aryl methyl sites for hydroxylation is 2. The first-order valence-electron chi connectivity index (χ1n) is 7.84. The maximum atomic E-state index is 13.3. The summed E-state index contributed by atoms with van der Waals surface area (Å²) in [6.45, 7) is 8.61. The fourth-order valence-electron chi connectivity index (χ4n) is 2.20. The van der Waals surface area contributed by atoms with E-state index >= 15 is 0 Å². The van der Waals surface area contributed by atoms with Crippen LogP contribution in [0.1, 0.15) is 23.6 Å². The number of hydrogen-bond donors (Lipinski definition) is 2. The van der Waals surface area contributed by atoms with E-state index < -0.39 is 0 Å². The van der Waals surface area contributed by atoms with Gasteiger partial charge in [0.2, 0.25) is 0 Å². The van der Waals surface area contributed by atoms with Crippen molar-refractivity contribution in [2.45, 2.75) is 33.9 Å². The lowest BCUT2D eigenvalue weighted by atomic mass is 10.1. The van der Waals surface area contributed by atoms with Crippen LogP contribution in [0.4, 0.5) is 4.39 Å². The minimum atomic E-state index is -0.183. The molecule has 1 heterocycles. The molecule has 5 nitrogen and oxygen atoms in total. The molecule has 0 aliphatic carbocycles. The van der Waals surface area contributed by atoms with Gasteiger partial charge in [-0.15, -0.1) is 24.0 Å². The van der Waals surface area contributed by atoms with E-state index in [9.17, 15) is 4.39 Å². The third-order valence-corrected chi connectivity index (χ3v) is 3.38. The quantitative estimate of drug-likeness (QED) is 0.409. The van der Waals surface area contributed by atoms with E-state index in [0.29, 0.717) is 12.1 Å². The van der Waals surface area contributed by atoms with Crippen LogP contribution in [-0.2, 0) is 13.1 Å². The number of hydrogen-bond acceptors (Lipinski definition) is 2. The Labute approximate surface area is 159 Å². The lowest BCUT2D eigenvalue weighted by Gasteiger charge is -2.11. The van der Waals surface area contributed by atoms with E-state index in [1.165, 1.54) is 6.07 Å². The second kappa shape index (κ2) is 10.3. The summed E-state index contributed by atoms with van der Waals surface area (Å²) in [7, 11) is 0. The molecule has 0 amide bonds. The largest absolute Gasteiger partial charge is 0.357 e. The lowest BCUT2D eigenvalue weighted by molar-refractivity contribution is 0.597. The van der Waals surface area contributed by atoms with E-state index in [2.05, 4.69) is 20.7 Å². The molecule has 0 saturated heterocycles. The smallest absolute Gasteiger partial charge is 0.191 e. The SMILES string of the molecule is CCNC(=NCc1ccc(F)c(C)c1)NCCn1cc(C)cn1.I. The first kappa shape index (κ1) is 20.4. The Kier molecular flexibility index (Phi) is 8.73. The van der Waals surface area contributed by atoms with Crippen LogP contribution in [0.5, 0.6) is 0 Å². The number of nitrogens with zero attached hydrogens (tertiary/aromatic N) is 3. The predicted molar refractivity (Wildman–Crippen MR) is 106 cm³/mol. The topological polar surface area (TPSA) is 54.2 Å². The summed E-state index contributed by atoms with van der Waals surface area (Å²) in [5.41, 5.74) is 2.78. The molecule has 2 N–H and O–H groups in total. The Morgan fingerprint density at radius 2 is 2.08 bits per heavy atom. The van der Waals surface area contributed by atoms with Crippen molar-refractivity contribution in [2.24, 2.45) is 4.99 Å². The van der Waals surface area contributed by atoms with E-state index in [1.54, 1.807) is 13.0 Å². The van der Waals surface area contributed by atoms with Crippen molar-refractivity contribution in [1.29, 1.82) is 0 Å². The van der Waals surface area contributed by atoms with Crippen LogP contribution in [0, 0.1) is 19.7 Å². The highest BCUT2D eigenvalue weighted by atomic mass is 127. The zero-order chi connectivity index (χ0) is 16.7. The van der Waals surface area contributed by atoms with Crippen LogP contribution < -0.4 is 10.6 Å². The van der Waals surface area contributed by atoms with Crippen molar-refractivity contribution < 1.29 is 4.39 Å². The molecular weight excluding hydrogens is 420 g/mol. The fraction of sp³-hybridized carbons (Fsp3) is 0.412. The minimum Gasteiger partial charge on any atom is -0.357 e. The molecule has 0 atom stereocenters. The van der Waals surface area contributed by atoms with Gasteiger partial charge in [-0.05, 0) is 43.5 Å². The number of guanidine groups is 1. The molecule has 2 aromatic rings. The van der Waals surface area contributed by atoms with Crippen LogP contribution >= 0.6 is 24.0 Å². The average Bonchev–Trinajstić information content (AvgIpc) is 2.93. The van der Waals surface area contributed by atoms with E-state index in [-0.39, 0.29) is 29.8 Å². The summed E-state index contributed by atoms with van der Waals surface area (Å²) in [6.07, 6.45) is 3.85. The summed E-state index contributed by atoms with van der Waals surface area (Å²) in [4.78, 5) is 4.53. The number of benzene rings is 1. The van der Waals surface area contributed by atoms with E-state index in [0.717, 1.165) is 36.7 Å². The summed E-state index contributed by atoms with van der Waals surface area (Å²) < 4.78 is 15.2. The second-order valence-electron chi connectivity index (χ2n) is 5.49. The van der Waals surface area contributed by atoms with Gasteiger partial charge in [-0.2, -0.15) is 5.10 Å². The van der Waals surface area contributed by atoms with Gasteiger partial charge in [0.1, 0.15) is 5.82 Å². The molecule has 1 aromatic carbocycles. The van der Waals surface area contributed by atoms with Gasteiger partial charge >= 0.3 is 0 Å². The summed E-state index contributed by atoms with van der Waals surface area (Å²) in [5.74, 6) is 0.565. The molecule has 7 heteroatoms. The molecule has 0 saturated carbocycles. The van der Waals surface area contributed by atoms with Gasteiger partial charge in [-0.3, -0.25) is 4.68 Å². The number of halogens is 2. The zero-order valence-electron chi connectivity index (χ0n) is 14.3. The molecule has 0 radical (unpaired) electrons. The Morgan fingerprint density at radius 3 is 2.71 bits per heavy atom. The monoisotopic (exact) mass is 445 g/mol. The van der Waals surface area contributed by atoms with Gasteiger partial charge in [0.25, 0.3) is 0 Å². The average molecular weight is 445 g/mol. The molecule has 132 valence electrons. The predicted octanol–water partition coefficient (Wildman–Crippen LogP) is 3.01. The molecule has 24 heavy (non-hydrogen) atoms. The number of aromatic nitrogens is 2. The molecule has 0 bridgehead atoms. The van der Waals surface area contributed by atoms with Gasteiger partial charge in [-0.1, -0.05) is 12.1 Å². The fourth-order valence-corrected chi connectivity index (χ4v) is 2.20. The molecule has 0 spiro atoms. The highest BCUT2D eigenvalue weighted by Gasteiger charge is 2.01. The summed E-state index contributed by atoms with van der Waals surface area (Å²) >= 11 is 0. The molecule has 2 rings (SSSR count). The normalized spacial score (nSPS) is 11.1. The Balaban J connectivity index is 0.00000288. The number of nitrogens with one attached hydrogen (secondary N) is 2. The van der Waals surface area contributed by atoms with Gasteiger partial charge in [0.15, 0.2) is 5.96 Å². The number of rotatable bonds is 6. The first-order valence-corrected chi connectivity index (χ1v) is 7.84. The van der Waals surface area contributed by atoms with Crippen LogP contribution in [0.3, 0.4) is 0 Å². The maximum absolute atomic E-state index is 13.3. The van der Waals surface area contributed by atoms with Crippen molar-refractivity contribution >= 4 is 29.9 Å². The second-order valence-corrected chi connectivity index (χ2v) is 5.49. The van der Waals surface area contributed by atoms with E-state index in [1.807, 2.05) is 37.0 Å². The zero-order valence-corrected chi connectivity index (χ0v) is 16.7. The van der Waals surface area contributed by atoms with Crippen LogP contribution in [-0.4, -0.2) is 28.8 Å². The minimum absolute atomic E-state index is 0. The molecule has 0 aliphatic rings. The standard InChI is InChI=1S/C17H24FN5.HI/c1-4-19-17(20-7-8-23-12-13(2)10-22-23)21-11-15-5-6-16(18)14(3)9-15;/h5-6,9-10,12H,4,7-8,11H2,1-3H3,(H2,19,20,21);1H. The van der Waals surface area contributed by atoms with Gasteiger partial charge in [-0.25, -0.2) is 9.38 Å². The van der Waals surface area contributed by atoms with Gasteiger partial charge in [0, 0.05) is 19.3 Å². The molecule has 0 aliphatic heterocycles. The van der Waals surface area contributed by atoms with Crippen LogP contribution in [0.15, 0.2) is 35.6 Å². The number of aliphatic imine (C=N–C) groups is 1. The summed E-state index contributed by atoms with van der Waals surface area (Å²) in [6, 6.07) is 5.08. The van der Waals surface area contributed by atoms with Crippen LogP contribution in [0.2, 0.25) is 0 Å². The van der Waals surface area contributed by atoms with Crippen molar-refractivity contribution in [1.82, 2.24) is 20.4 Å². The molecular formula is C17H25FIN5. The maximum Gasteiger partial charge on any atom is 0.191 e. The van der Waals surface area contributed by atoms with Crippen molar-refractivity contribution in [3.63, 3.8) is 0 Å². The molecule has 1 aromatic heterocycles. The summed E-state index contributed by atoms with van der Waals surface area (Å²) in [5, 5.41) is 10.7. The van der Waals surface area contributed by atoms with Crippen molar-refractivity contribution in [2.75, 3.05) is 13.1 Å². The highest BCUT2D eigenvalue weighted by Crippen LogP contribution is 2.09. The lowest BCUT2D eigenvalue weighted by Crippen LogP contribution is -2.38. The highest BCUT2D eigenvalue weighted by molar-refractivity contribution is 14.0. The molecule has 0 fully saturated rings. The third kappa shape index (κ3) is 6.46. The van der Waals surface area contributed by atoms with Gasteiger partial charge in [0.05, 0.1) is 19.3 Å². The Morgan fingerprint density at radius 1 is 1.29 bits per heavy atom. The van der Waals surface area contributed by atoms with Crippen molar-refractivity contribution in [3.05, 3.63) is 53.1 Å². The Hall–Kier alpha value is -1.64. The third-order valence-electron chi connectivity index (χ3n) is 3.38. The first-order chi connectivity index (χ1) is 11.1. The van der Waals surface area contributed by atoms with E-state index in [4.69, 9.17) is 0 Å². The van der Waals surface area contributed by atoms with Crippen LogP contribution in [0.25, 0.3) is 0 Å². The van der Waals surface area contributed by atoms with Gasteiger partial charge < -0.3 is 10.6 Å².